The molecule has 1 N–H and O–H groups in total. The van der Waals surface area contributed by atoms with E-state index in [2.05, 4.69) is 20.2 Å². The smallest absolute Gasteiger partial charge is 0.421 e. The number of hydrogen-bond acceptors (Lipinski definition) is 7. The molecular formula is C27H28F5N5O2. The van der Waals surface area contributed by atoms with Crippen LogP contribution in [0.1, 0.15) is 36.4 Å². The molecule has 0 aliphatic carbocycles. The van der Waals surface area contributed by atoms with Gasteiger partial charge in [0.1, 0.15) is 5.56 Å². The minimum atomic E-state index is -4.76. The van der Waals surface area contributed by atoms with Crippen LogP contribution in [0.3, 0.4) is 0 Å². The molecule has 3 aromatic rings. The number of alkyl halides is 3. The maximum Gasteiger partial charge on any atom is 0.421 e. The van der Waals surface area contributed by atoms with Gasteiger partial charge in [0, 0.05) is 30.4 Å². The second-order valence-electron chi connectivity index (χ2n) is 9.75. The molecule has 7 nitrogen and oxygen atoms in total. The van der Waals surface area contributed by atoms with Gasteiger partial charge in [-0.3, -0.25) is 4.84 Å². The summed E-state index contributed by atoms with van der Waals surface area (Å²) in [6.07, 6.45) is -1.94. The molecule has 12 heteroatoms. The highest BCUT2D eigenvalue weighted by Gasteiger charge is 2.40. The molecule has 1 aromatic heterocycles. The van der Waals surface area contributed by atoms with Gasteiger partial charge in [-0.15, -0.1) is 0 Å². The Balaban J connectivity index is 1.37. The lowest BCUT2D eigenvalue weighted by Crippen LogP contribution is -2.32. The van der Waals surface area contributed by atoms with Gasteiger partial charge in [-0.1, -0.05) is 30.3 Å². The van der Waals surface area contributed by atoms with Crippen LogP contribution in [0, 0.1) is 17.6 Å². The summed E-state index contributed by atoms with van der Waals surface area (Å²) in [5, 5.41) is 3.72. The van der Waals surface area contributed by atoms with Crippen molar-refractivity contribution in [1.29, 1.82) is 0 Å². The van der Waals surface area contributed by atoms with Crippen LogP contribution < -0.4 is 15.1 Å². The van der Waals surface area contributed by atoms with E-state index in [4.69, 9.17) is 9.57 Å². The number of nitrogens with one attached hydrogen (secondary N) is 1. The number of likely N-dealkylation sites (tertiary alicyclic amines) is 1. The Morgan fingerprint density at radius 3 is 2.41 bits per heavy atom. The maximum atomic E-state index is 14.8. The summed E-state index contributed by atoms with van der Waals surface area (Å²) in [6, 6.07) is 10.4. The minimum absolute atomic E-state index is 0.0794. The van der Waals surface area contributed by atoms with E-state index in [0.717, 1.165) is 48.7 Å². The van der Waals surface area contributed by atoms with Crippen LogP contribution in [-0.4, -0.2) is 48.2 Å². The Hall–Kier alpha value is -3.51. The number of nitrogens with zero attached hydrogens (tertiary/aromatic N) is 4. The molecule has 0 spiro atoms. The number of hydroxylamine groups is 1. The molecule has 1 unspecified atom stereocenters. The SMILES string of the molecule is CN1CCC(COc2c(F)cc(Nc3ncc(C(F)(F)F)c(N4OCCC4c4ccccc4)n3)cc2F)CC1. The van der Waals surface area contributed by atoms with E-state index in [-0.39, 0.29) is 30.8 Å². The first kappa shape index (κ1) is 27.1. The summed E-state index contributed by atoms with van der Waals surface area (Å²) >= 11 is 0. The highest BCUT2D eigenvalue weighted by atomic mass is 19.4. The van der Waals surface area contributed by atoms with E-state index < -0.39 is 41.0 Å². The Bertz CT molecular complexity index is 1260. The van der Waals surface area contributed by atoms with Gasteiger partial charge in [0.25, 0.3) is 0 Å². The normalized spacial score (nSPS) is 18.9. The van der Waals surface area contributed by atoms with E-state index in [1.54, 1.807) is 30.3 Å². The first-order chi connectivity index (χ1) is 18.7. The van der Waals surface area contributed by atoms with Crippen molar-refractivity contribution in [3.63, 3.8) is 0 Å². The highest BCUT2D eigenvalue weighted by Crippen LogP contribution is 2.41. The minimum Gasteiger partial charge on any atom is -0.487 e. The molecule has 0 amide bonds. The third-order valence-electron chi connectivity index (χ3n) is 6.93. The number of benzene rings is 2. The van der Waals surface area contributed by atoms with E-state index in [0.29, 0.717) is 12.6 Å². The van der Waals surface area contributed by atoms with Crippen LogP contribution in [0.15, 0.2) is 48.7 Å². The summed E-state index contributed by atoms with van der Waals surface area (Å²) in [7, 11) is 2.02. The Kier molecular flexibility index (Phi) is 7.85. The van der Waals surface area contributed by atoms with Crippen molar-refractivity contribution >= 4 is 17.5 Å². The molecular weight excluding hydrogens is 521 g/mol. The van der Waals surface area contributed by atoms with Gasteiger partial charge in [0.2, 0.25) is 5.95 Å². The van der Waals surface area contributed by atoms with Crippen molar-refractivity contribution in [2.75, 3.05) is 43.7 Å². The fraction of sp³-hybridized carbons (Fsp3) is 0.407. The van der Waals surface area contributed by atoms with Crippen LogP contribution in [0.25, 0.3) is 0 Å². The predicted octanol–water partition coefficient (Wildman–Crippen LogP) is 6.12. The first-order valence-corrected chi connectivity index (χ1v) is 12.7. The van der Waals surface area contributed by atoms with Crippen LogP contribution in [-0.2, 0) is 11.0 Å². The summed E-state index contributed by atoms with van der Waals surface area (Å²) in [6.45, 7) is 2.17. The largest absolute Gasteiger partial charge is 0.487 e. The number of rotatable bonds is 7. The van der Waals surface area contributed by atoms with Gasteiger partial charge >= 0.3 is 6.18 Å². The fourth-order valence-corrected chi connectivity index (χ4v) is 4.79. The number of halogens is 5. The van der Waals surface area contributed by atoms with Crippen LogP contribution in [0.4, 0.5) is 39.4 Å². The van der Waals surface area contributed by atoms with Crippen molar-refractivity contribution < 1.29 is 31.5 Å². The van der Waals surface area contributed by atoms with Crippen LogP contribution in [0.5, 0.6) is 5.75 Å². The van der Waals surface area contributed by atoms with Crippen molar-refractivity contribution in [1.82, 2.24) is 14.9 Å². The van der Waals surface area contributed by atoms with Gasteiger partial charge < -0.3 is 15.0 Å². The summed E-state index contributed by atoms with van der Waals surface area (Å²) in [5.74, 6) is -2.95. The molecule has 208 valence electrons. The molecule has 39 heavy (non-hydrogen) atoms. The lowest BCUT2D eigenvalue weighted by Gasteiger charge is -2.28. The zero-order chi connectivity index (χ0) is 27.6. The lowest BCUT2D eigenvalue weighted by atomic mass is 9.98. The quantitative estimate of drug-likeness (QED) is 0.356. The number of aromatic nitrogens is 2. The van der Waals surface area contributed by atoms with Gasteiger partial charge in [0.15, 0.2) is 23.2 Å². The van der Waals surface area contributed by atoms with Crippen molar-refractivity contribution in [2.45, 2.75) is 31.5 Å². The average molecular weight is 550 g/mol. The monoisotopic (exact) mass is 549 g/mol. The zero-order valence-corrected chi connectivity index (χ0v) is 21.2. The molecule has 1 atom stereocenters. The van der Waals surface area contributed by atoms with Crippen molar-refractivity contribution in [2.24, 2.45) is 5.92 Å². The fourth-order valence-electron chi connectivity index (χ4n) is 4.79. The third-order valence-corrected chi connectivity index (χ3v) is 6.93. The summed E-state index contributed by atoms with van der Waals surface area (Å²) in [5.41, 5.74) is -0.411. The van der Waals surface area contributed by atoms with E-state index in [9.17, 15) is 22.0 Å². The van der Waals surface area contributed by atoms with Crippen LogP contribution in [0.2, 0.25) is 0 Å². The average Bonchev–Trinajstić information content (AvgIpc) is 3.39. The number of ether oxygens (including phenoxy) is 1. The van der Waals surface area contributed by atoms with Crippen molar-refractivity contribution in [3.05, 3.63) is 71.4 Å². The number of piperidine rings is 1. The Morgan fingerprint density at radius 2 is 1.74 bits per heavy atom. The zero-order valence-electron chi connectivity index (χ0n) is 21.2. The molecule has 2 aliphatic rings. The summed E-state index contributed by atoms with van der Waals surface area (Å²) in [4.78, 5) is 15.6. The second-order valence-corrected chi connectivity index (χ2v) is 9.75. The number of hydrogen-bond donors (Lipinski definition) is 1. The van der Waals surface area contributed by atoms with E-state index in [1.165, 1.54) is 0 Å². The highest BCUT2D eigenvalue weighted by molar-refractivity contribution is 5.59. The Labute approximate surface area is 222 Å². The van der Waals surface area contributed by atoms with Gasteiger partial charge in [0.05, 0.1) is 19.3 Å². The Morgan fingerprint density at radius 1 is 1.05 bits per heavy atom. The van der Waals surface area contributed by atoms with E-state index in [1.807, 2.05) is 7.05 Å². The molecule has 0 saturated carbocycles. The van der Waals surface area contributed by atoms with E-state index >= 15 is 0 Å². The van der Waals surface area contributed by atoms with Gasteiger partial charge in [-0.2, -0.15) is 18.2 Å². The van der Waals surface area contributed by atoms with Gasteiger partial charge in [-0.25, -0.2) is 18.8 Å². The lowest BCUT2D eigenvalue weighted by molar-refractivity contribution is -0.138. The molecule has 0 bridgehead atoms. The topological polar surface area (TPSA) is 62.8 Å². The summed E-state index contributed by atoms with van der Waals surface area (Å²) < 4.78 is 76.6. The van der Waals surface area contributed by atoms with Crippen molar-refractivity contribution in [3.8, 4) is 5.75 Å². The molecule has 0 radical (unpaired) electrons. The molecule has 2 aromatic carbocycles. The third kappa shape index (κ3) is 6.22. The molecule has 2 fully saturated rings. The predicted molar refractivity (Wildman–Crippen MR) is 135 cm³/mol. The van der Waals surface area contributed by atoms with Gasteiger partial charge in [-0.05, 0) is 44.5 Å². The van der Waals surface area contributed by atoms with Crippen LogP contribution >= 0.6 is 0 Å². The molecule has 3 heterocycles. The molecule has 5 rings (SSSR count). The maximum absolute atomic E-state index is 14.8. The second kappa shape index (κ2) is 11.3. The number of anilines is 3. The standard InChI is InChI=1S/C27H28F5N5O2/c1-36-10-7-17(8-11-36)16-38-24-21(28)13-19(14-22(24)29)34-26-33-15-20(27(30,31)32)25(35-26)37-23(9-12-39-37)18-5-3-2-4-6-18/h2-6,13-15,17,23H,7-12,16H2,1H3,(H,33,34,35). The molecule has 2 saturated heterocycles. The first-order valence-electron chi connectivity index (χ1n) is 12.7. The molecule has 2 aliphatic heterocycles.